The van der Waals surface area contributed by atoms with Gasteiger partial charge in [0.25, 0.3) is 0 Å². The maximum absolute atomic E-state index is 11.8. The van der Waals surface area contributed by atoms with Crippen LogP contribution in [-0.4, -0.2) is 41.9 Å². The van der Waals surface area contributed by atoms with E-state index in [4.69, 9.17) is 10.3 Å². The Labute approximate surface area is 123 Å². The Morgan fingerprint density at radius 3 is 3.24 bits per heavy atom. The van der Waals surface area contributed by atoms with Gasteiger partial charge in [-0.1, -0.05) is 5.11 Å². The van der Waals surface area contributed by atoms with Crippen molar-refractivity contribution in [3.05, 3.63) is 22.6 Å². The lowest BCUT2D eigenvalue weighted by molar-refractivity contribution is -0.113. The standard InChI is InChI=1S/C11H10N6O3S/c12-16-13-3-6-4-17(11(19)20-6)8-2-1-7-10(14-8)15-9(18)5-21-7/h1-2,6H,3-5H2,(H,14,15,18). The molecule has 108 valence electrons. The second-order valence-corrected chi connectivity index (χ2v) is 5.40. The number of pyridine rings is 1. The number of nitrogens with one attached hydrogen (secondary N) is 1. The average Bonchev–Trinajstić information content (AvgIpc) is 2.85. The molecule has 1 atom stereocenters. The first-order chi connectivity index (χ1) is 10.2. The molecule has 2 aliphatic heterocycles. The normalized spacial score (nSPS) is 20.4. The molecule has 0 saturated carbocycles. The summed E-state index contributed by atoms with van der Waals surface area (Å²) < 4.78 is 5.09. The topological polar surface area (TPSA) is 120 Å². The largest absolute Gasteiger partial charge is 0.444 e. The molecule has 1 aromatic heterocycles. The lowest BCUT2D eigenvalue weighted by atomic mass is 10.3. The number of fused-ring (bicyclic) bond motifs is 1. The molecule has 0 aliphatic carbocycles. The number of thioether (sulfide) groups is 1. The van der Waals surface area contributed by atoms with Crippen molar-refractivity contribution in [1.29, 1.82) is 0 Å². The van der Waals surface area contributed by atoms with E-state index in [0.717, 1.165) is 4.90 Å². The number of ether oxygens (including phenoxy) is 1. The first kappa shape index (κ1) is 13.5. The summed E-state index contributed by atoms with van der Waals surface area (Å²) >= 11 is 1.40. The van der Waals surface area contributed by atoms with Gasteiger partial charge >= 0.3 is 6.09 Å². The van der Waals surface area contributed by atoms with Crippen molar-refractivity contribution in [2.45, 2.75) is 11.0 Å². The Morgan fingerprint density at radius 1 is 1.57 bits per heavy atom. The maximum atomic E-state index is 11.8. The minimum atomic E-state index is -0.546. The van der Waals surface area contributed by atoms with E-state index < -0.39 is 12.2 Å². The summed E-state index contributed by atoms with van der Waals surface area (Å²) in [5.41, 5.74) is 8.28. The molecule has 1 aromatic rings. The molecule has 3 rings (SSSR count). The highest BCUT2D eigenvalue weighted by molar-refractivity contribution is 8.00. The molecule has 10 heteroatoms. The second kappa shape index (κ2) is 5.51. The van der Waals surface area contributed by atoms with E-state index in [-0.39, 0.29) is 19.0 Å². The van der Waals surface area contributed by atoms with Crippen molar-refractivity contribution >= 4 is 35.4 Å². The fourth-order valence-electron chi connectivity index (χ4n) is 2.04. The third-order valence-electron chi connectivity index (χ3n) is 2.96. The Balaban J connectivity index is 1.81. The van der Waals surface area contributed by atoms with Gasteiger partial charge in [-0.05, 0) is 17.7 Å². The Bertz CT molecular complexity index is 659. The number of hydrogen-bond donors (Lipinski definition) is 1. The highest BCUT2D eigenvalue weighted by Gasteiger charge is 2.33. The van der Waals surface area contributed by atoms with Crippen LogP contribution in [0.3, 0.4) is 0 Å². The van der Waals surface area contributed by atoms with Gasteiger partial charge in [-0.3, -0.25) is 9.69 Å². The highest BCUT2D eigenvalue weighted by atomic mass is 32.2. The molecule has 2 aliphatic rings. The van der Waals surface area contributed by atoms with Crippen LogP contribution in [0.1, 0.15) is 0 Å². The van der Waals surface area contributed by atoms with E-state index in [0.29, 0.717) is 17.4 Å². The van der Waals surface area contributed by atoms with Crippen molar-refractivity contribution in [1.82, 2.24) is 4.98 Å². The fourth-order valence-corrected chi connectivity index (χ4v) is 2.79. The van der Waals surface area contributed by atoms with Crippen LogP contribution in [0.2, 0.25) is 0 Å². The zero-order chi connectivity index (χ0) is 14.8. The lowest BCUT2D eigenvalue weighted by Gasteiger charge is -2.18. The molecule has 0 spiro atoms. The number of aromatic nitrogens is 1. The Hall–Kier alpha value is -2.45. The first-order valence-electron chi connectivity index (χ1n) is 6.10. The Kier molecular flexibility index (Phi) is 3.55. The van der Waals surface area contributed by atoms with Gasteiger partial charge in [-0.2, -0.15) is 0 Å². The van der Waals surface area contributed by atoms with Crippen molar-refractivity contribution in [3.63, 3.8) is 0 Å². The smallest absolute Gasteiger partial charge is 0.415 e. The van der Waals surface area contributed by atoms with E-state index in [1.807, 2.05) is 0 Å². The summed E-state index contributed by atoms with van der Waals surface area (Å²) in [6, 6.07) is 3.50. The van der Waals surface area contributed by atoms with Gasteiger partial charge in [-0.15, -0.1) is 11.8 Å². The SMILES string of the molecule is [N-]=[N+]=NCC1CN(c2ccc3c(n2)NC(=O)CS3)C(=O)O1. The van der Waals surface area contributed by atoms with Crippen LogP contribution in [0.25, 0.3) is 10.4 Å². The number of nitrogens with zero attached hydrogens (tertiary/aromatic N) is 5. The summed E-state index contributed by atoms with van der Waals surface area (Å²) in [5, 5.41) is 6.06. The predicted octanol–water partition coefficient (Wildman–Crippen LogP) is 1.76. The van der Waals surface area contributed by atoms with Crippen LogP contribution in [0.4, 0.5) is 16.4 Å². The van der Waals surface area contributed by atoms with E-state index in [1.165, 1.54) is 16.7 Å². The molecular formula is C11H10N6O3S. The molecule has 1 fully saturated rings. The average molecular weight is 306 g/mol. The second-order valence-electron chi connectivity index (χ2n) is 4.38. The van der Waals surface area contributed by atoms with Crippen molar-refractivity contribution in [2.24, 2.45) is 5.11 Å². The molecule has 9 nitrogen and oxygen atoms in total. The number of anilines is 2. The van der Waals surface area contributed by atoms with Crippen LogP contribution in [-0.2, 0) is 9.53 Å². The van der Waals surface area contributed by atoms with E-state index >= 15 is 0 Å². The summed E-state index contributed by atoms with van der Waals surface area (Å²) in [6.45, 7) is 0.334. The number of azide groups is 1. The van der Waals surface area contributed by atoms with Gasteiger partial charge in [-0.25, -0.2) is 9.78 Å². The highest BCUT2D eigenvalue weighted by Crippen LogP contribution is 2.32. The first-order valence-corrected chi connectivity index (χ1v) is 7.08. The molecule has 21 heavy (non-hydrogen) atoms. The van der Waals surface area contributed by atoms with Crippen molar-refractivity contribution in [3.8, 4) is 0 Å². The Morgan fingerprint density at radius 2 is 2.43 bits per heavy atom. The van der Waals surface area contributed by atoms with Crippen LogP contribution in [0, 0.1) is 0 Å². The zero-order valence-corrected chi connectivity index (χ0v) is 11.5. The van der Waals surface area contributed by atoms with E-state index in [9.17, 15) is 9.59 Å². The summed E-state index contributed by atoms with van der Waals surface area (Å²) in [6.07, 6.45) is -1.04. The van der Waals surface area contributed by atoms with Crippen LogP contribution in [0.5, 0.6) is 0 Å². The summed E-state index contributed by atoms with van der Waals surface area (Å²) in [5.74, 6) is 1.07. The minimum absolute atomic E-state index is 0.0796. The van der Waals surface area contributed by atoms with Gasteiger partial charge in [0.1, 0.15) is 17.7 Å². The number of carbonyl (C=O) groups is 2. The summed E-state index contributed by atoms with van der Waals surface area (Å²) in [7, 11) is 0. The third-order valence-corrected chi connectivity index (χ3v) is 4.01. The summed E-state index contributed by atoms with van der Waals surface area (Å²) in [4.78, 5) is 32.3. The molecule has 1 unspecified atom stereocenters. The fraction of sp³-hybridized carbons (Fsp3) is 0.364. The molecule has 3 heterocycles. The number of amides is 2. The third kappa shape index (κ3) is 2.71. The molecule has 2 amide bonds. The van der Waals surface area contributed by atoms with Gasteiger partial charge in [0.15, 0.2) is 0 Å². The molecule has 0 radical (unpaired) electrons. The number of carbonyl (C=O) groups excluding carboxylic acids is 2. The quantitative estimate of drug-likeness (QED) is 0.518. The van der Waals surface area contributed by atoms with Gasteiger partial charge in [0.05, 0.1) is 23.7 Å². The monoisotopic (exact) mass is 306 g/mol. The maximum Gasteiger partial charge on any atom is 0.415 e. The predicted molar refractivity (Wildman–Crippen MR) is 75.2 cm³/mol. The molecular weight excluding hydrogens is 296 g/mol. The van der Waals surface area contributed by atoms with Crippen LogP contribution < -0.4 is 10.2 Å². The molecule has 0 aromatic carbocycles. The van der Waals surface area contributed by atoms with Crippen molar-refractivity contribution in [2.75, 3.05) is 29.1 Å². The number of cyclic esters (lactones) is 1. The van der Waals surface area contributed by atoms with Gasteiger partial charge < -0.3 is 10.1 Å². The van der Waals surface area contributed by atoms with Crippen LogP contribution >= 0.6 is 11.8 Å². The van der Waals surface area contributed by atoms with E-state index in [1.54, 1.807) is 12.1 Å². The lowest BCUT2D eigenvalue weighted by Crippen LogP contribution is -2.27. The molecule has 1 N–H and O–H groups in total. The minimum Gasteiger partial charge on any atom is -0.444 e. The van der Waals surface area contributed by atoms with Crippen LogP contribution in [0.15, 0.2) is 22.1 Å². The molecule has 0 bridgehead atoms. The zero-order valence-electron chi connectivity index (χ0n) is 10.7. The van der Waals surface area contributed by atoms with Gasteiger partial charge in [0, 0.05) is 4.91 Å². The number of rotatable bonds is 3. The number of hydrogen-bond acceptors (Lipinski definition) is 6. The van der Waals surface area contributed by atoms with Gasteiger partial charge in [0.2, 0.25) is 5.91 Å². The molecule has 1 saturated heterocycles. The van der Waals surface area contributed by atoms with E-state index in [2.05, 4.69) is 20.3 Å². The van der Waals surface area contributed by atoms with Crippen molar-refractivity contribution < 1.29 is 14.3 Å².